The van der Waals surface area contributed by atoms with Crippen molar-refractivity contribution in [1.82, 2.24) is 0 Å². The third kappa shape index (κ3) is 4.70. The lowest BCUT2D eigenvalue weighted by Crippen LogP contribution is -2.30. The molecule has 0 bridgehead atoms. The summed E-state index contributed by atoms with van der Waals surface area (Å²) in [6, 6.07) is 7.19. The number of nitro groups is 1. The summed E-state index contributed by atoms with van der Waals surface area (Å²) in [5.74, 6) is -2.60. The Labute approximate surface area is 148 Å². The molecule has 2 aromatic rings. The van der Waals surface area contributed by atoms with Gasteiger partial charge in [-0.05, 0) is 30.3 Å². The van der Waals surface area contributed by atoms with Crippen LogP contribution in [0.5, 0.6) is 0 Å². The van der Waals surface area contributed by atoms with Gasteiger partial charge in [-0.3, -0.25) is 19.7 Å². The second-order valence-electron chi connectivity index (χ2n) is 4.90. The monoisotopic (exact) mass is 387 g/mol. The van der Waals surface area contributed by atoms with Crippen LogP contribution in [0, 0.1) is 10.1 Å². The number of nitrogens with one attached hydrogen (secondary N) is 2. The fourth-order valence-corrected chi connectivity index (χ4v) is 2.07. The summed E-state index contributed by atoms with van der Waals surface area (Å²) < 4.78 is 38.9. The van der Waals surface area contributed by atoms with Crippen molar-refractivity contribution in [3.8, 4) is 0 Å². The van der Waals surface area contributed by atoms with E-state index in [-0.39, 0.29) is 16.4 Å². The molecule has 0 aliphatic heterocycles. The molecule has 0 unspecified atom stereocenters. The van der Waals surface area contributed by atoms with Crippen LogP contribution in [0.15, 0.2) is 42.5 Å². The lowest BCUT2D eigenvalue weighted by atomic mass is 10.1. The number of benzene rings is 2. The highest BCUT2D eigenvalue weighted by Crippen LogP contribution is 2.36. The summed E-state index contributed by atoms with van der Waals surface area (Å²) in [5.41, 5.74) is -2.02. The Hall–Kier alpha value is -3.14. The molecule has 11 heteroatoms. The predicted octanol–water partition coefficient (Wildman–Crippen LogP) is 3.84. The zero-order valence-electron chi connectivity index (χ0n) is 12.6. The van der Waals surface area contributed by atoms with E-state index in [1.165, 1.54) is 12.1 Å². The van der Waals surface area contributed by atoms with E-state index in [0.717, 1.165) is 24.3 Å². The summed E-state index contributed by atoms with van der Waals surface area (Å²) in [6.45, 7) is 0. The van der Waals surface area contributed by atoms with Gasteiger partial charge >= 0.3 is 18.0 Å². The van der Waals surface area contributed by atoms with Crippen LogP contribution in [0.2, 0.25) is 5.02 Å². The summed E-state index contributed by atoms with van der Waals surface area (Å²) in [5, 5.41) is 14.3. The van der Waals surface area contributed by atoms with Crippen LogP contribution in [0.25, 0.3) is 0 Å². The molecule has 26 heavy (non-hydrogen) atoms. The quantitative estimate of drug-likeness (QED) is 0.474. The molecule has 0 aliphatic carbocycles. The Kier molecular flexibility index (Phi) is 5.46. The molecule has 7 nitrogen and oxygen atoms in total. The lowest BCUT2D eigenvalue weighted by Gasteiger charge is -2.14. The largest absolute Gasteiger partial charge is 0.418 e. The van der Waals surface area contributed by atoms with Gasteiger partial charge in [-0.15, -0.1) is 0 Å². The molecule has 2 N–H and O–H groups in total. The number of carbonyl (C=O) groups excluding carboxylic acids is 2. The van der Waals surface area contributed by atoms with Gasteiger partial charge in [0, 0.05) is 22.8 Å². The van der Waals surface area contributed by atoms with Crippen LogP contribution in [-0.2, 0) is 15.8 Å². The number of nitrogens with zero attached hydrogens (tertiary/aromatic N) is 1. The minimum Gasteiger partial charge on any atom is -0.318 e. The van der Waals surface area contributed by atoms with Crippen LogP contribution in [-0.4, -0.2) is 16.7 Å². The first-order valence-electron chi connectivity index (χ1n) is 6.81. The topological polar surface area (TPSA) is 101 Å². The smallest absolute Gasteiger partial charge is 0.318 e. The summed E-state index contributed by atoms with van der Waals surface area (Å²) in [7, 11) is 0. The molecule has 0 saturated carbocycles. The number of alkyl halides is 3. The number of nitro benzene ring substituents is 1. The van der Waals surface area contributed by atoms with Crippen LogP contribution in [0.4, 0.5) is 30.2 Å². The molecule has 0 heterocycles. The standard InChI is InChI=1S/C15H9ClF3N3O4/c16-8-1-6-12(11(7-8)15(17,18)19)21-14(24)13(23)20-9-2-4-10(5-3-9)22(25)26/h1-7H,(H,20,23)(H,21,24). The average molecular weight is 388 g/mol. The molecule has 2 amide bonds. The van der Waals surface area contributed by atoms with Crippen molar-refractivity contribution in [2.75, 3.05) is 10.6 Å². The maximum Gasteiger partial charge on any atom is 0.418 e. The van der Waals surface area contributed by atoms with Crippen molar-refractivity contribution in [2.24, 2.45) is 0 Å². The Morgan fingerprint density at radius 3 is 2.12 bits per heavy atom. The first-order valence-corrected chi connectivity index (χ1v) is 7.19. The Morgan fingerprint density at radius 2 is 1.58 bits per heavy atom. The number of amides is 2. The van der Waals surface area contributed by atoms with Gasteiger partial charge in [0.25, 0.3) is 5.69 Å². The lowest BCUT2D eigenvalue weighted by molar-refractivity contribution is -0.384. The second kappa shape index (κ2) is 7.40. The van der Waals surface area contributed by atoms with Crippen LogP contribution >= 0.6 is 11.6 Å². The Morgan fingerprint density at radius 1 is 1.00 bits per heavy atom. The average Bonchev–Trinajstić information content (AvgIpc) is 2.56. The van der Waals surface area contributed by atoms with Gasteiger partial charge in [0.05, 0.1) is 16.2 Å². The maximum absolute atomic E-state index is 13.0. The van der Waals surface area contributed by atoms with E-state index in [1.54, 1.807) is 0 Å². The molecule has 0 aliphatic rings. The number of hydrogen-bond acceptors (Lipinski definition) is 4. The van der Waals surface area contributed by atoms with Crippen molar-refractivity contribution in [3.63, 3.8) is 0 Å². The van der Waals surface area contributed by atoms with E-state index in [9.17, 15) is 32.9 Å². The fourth-order valence-electron chi connectivity index (χ4n) is 1.89. The van der Waals surface area contributed by atoms with Crippen molar-refractivity contribution in [1.29, 1.82) is 0 Å². The van der Waals surface area contributed by atoms with E-state index in [1.807, 2.05) is 5.32 Å². The van der Waals surface area contributed by atoms with Crippen LogP contribution < -0.4 is 10.6 Å². The Balaban J connectivity index is 2.12. The van der Waals surface area contributed by atoms with Gasteiger partial charge in [0.15, 0.2) is 0 Å². The molecule has 0 saturated heterocycles. The van der Waals surface area contributed by atoms with E-state index >= 15 is 0 Å². The zero-order chi connectivity index (χ0) is 19.5. The van der Waals surface area contributed by atoms with Crippen molar-refractivity contribution >= 4 is 40.5 Å². The minimum atomic E-state index is -4.79. The molecular weight excluding hydrogens is 379 g/mol. The number of carbonyl (C=O) groups is 2. The molecule has 2 rings (SSSR count). The third-order valence-electron chi connectivity index (χ3n) is 3.08. The number of rotatable bonds is 3. The van der Waals surface area contributed by atoms with Crippen molar-refractivity contribution in [3.05, 3.63) is 63.2 Å². The van der Waals surface area contributed by atoms with Crippen molar-refractivity contribution < 1.29 is 27.7 Å². The molecule has 0 radical (unpaired) electrons. The zero-order valence-corrected chi connectivity index (χ0v) is 13.4. The van der Waals surface area contributed by atoms with E-state index in [2.05, 4.69) is 5.32 Å². The number of anilines is 2. The first-order chi connectivity index (χ1) is 12.1. The maximum atomic E-state index is 13.0. The van der Waals surface area contributed by atoms with E-state index in [4.69, 9.17) is 11.6 Å². The van der Waals surface area contributed by atoms with Crippen LogP contribution in [0.3, 0.4) is 0 Å². The summed E-state index contributed by atoms with van der Waals surface area (Å²) >= 11 is 5.52. The highest BCUT2D eigenvalue weighted by atomic mass is 35.5. The predicted molar refractivity (Wildman–Crippen MR) is 86.8 cm³/mol. The minimum absolute atomic E-state index is 0.0582. The molecule has 2 aromatic carbocycles. The van der Waals surface area contributed by atoms with Crippen molar-refractivity contribution in [2.45, 2.75) is 6.18 Å². The molecule has 0 atom stereocenters. The number of hydrogen-bond donors (Lipinski definition) is 2. The number of halogens is 4. The van der Waals surface area contributed by atoms with Gasteiger partial charge in [-0.1, -0.05) is 11.6 Å². The van der Waals surface area contributed by atoms with Gasteiger partial charge < -0.3 is 10.6 Å². The first kappa shape index (κ1) is 19.2. The number of non-ortho nitro benzene ring substituents is 1. The summed E-state index contributed by atoms with van der Waals surface area (Å²) in [4.78, 5) is 33.5. The molecule has 0 spiro atoms. The molecular formula is C15H9ClF3N3O4. The molecule has 0 fully saturated rings. The second-order valence-corrected chi connectivity index (χ2v) is 5.34. The van der Waals surface area contributed by atoms with Crippen LogP contribution in [0.1, 0.15) is 5.56 Å². The third-order valence-corrected chi connectivity index (χ3v) is 3.31. The van der Waals surface area contributed by atoms with Gasteiger partial charge in [-0.25, -0.2) is 0 Å². The van der Waals surface area contributed by atoms with E-state index in [0.29, 0.717) is 6.07 Å². The van der Waals surface area contributed by atoms with Gasteiger partial charge in [0.1, 0.15) is 0 Å². The summed E-state index contributed by atoms with van der Waals surface area (Å²) in [6.07, 6.45) is -4.79. The Bertz CT molecular complexity index is 869. The van der Waals surface area contributed by atoms with Gasteiger partial charge in [-0.2, -0.15) is 13.2 Å². The highest BCUT2D eigenvalue weighted by molar-refractivity contribution is 6.43. The van der Waals surface area contributed by atoms with Gasteiger partial charge in [0.2, 0.25) is 0 Å². The molecule has 136 valence electrons. The normalized spacial score (nSPS) is 10.9. The highest BCUT2D eigenvalue weighted by Gasteiger charge is 2.34. The fraction of sp³-hybridized carbons (Fsp3) is 0.0667. The molecule has 0 aromatic heterocycles. The SMILES string of the molecule is O=C(Nc1ccc([N+](=O)[O-])cc1)C(=O)Nc1ccc(Cl)cc1C(F)(F)F. The van der Waals surface area contributed by atoms with E-state index < -0.39 is 34.2 Å².